The van der Waals surface area contributed by atoms with Crippen LogP contribution in [0.2, 0.25) is 5.02 Å². The minimum Gasteiger partial charge on any atom is -0.342 e. The molecule has 3 aromatic rings. The molecular weight excluding hydrogens is 322 g/mol. The molecule has 2 aromatic carbocycles. The quantitative estimate of drug-likeness (QED) is 0.765. The molecule has 114 valence electrons. The first-order valence-corrected chi connectivity index (χ1v) is 8.61. The van der Waals surface area contributed by atoms with Gasteiger partial charge in [0.25, 0.3) is 10.0 Å². The van der Waals surface area contributed by atoms with Crippen LogP contribution < -0.4 is 4.72 Å². The van der Waals surface area contributed by atoms with Crippen molar-refractivity contribution in [1.82, 2.24) is 9.97 Å². The Bertz CT molecular complexity index is 935. The molecule has 5 nitrogen and oxygen atoms in total. The predicted molar refractivity (Wildman–Crippen MR) is 87.7 cm³/mol. The molecule has 0 spiro atoms. The van der Waals surface area contributed by atoms with Crippen molar-refractivity contribution in [3.05, 3.63) is 53.3 Å². The Morgan fingerprint density at radius 2 is 2.05 bits per heavy atom. The van der Waals surface area contributed by atoms with Crippen molar-refractivity contribution in [3.8, 4) is 0 Å². The van der Waals surface area contributed by atoms with Crippen LogP contribution in [0.3, 0.4) is 0 Å². The molecule has 7 heteroatoms. The van der Waals surface area contributed by atoms with Crippen LogP contribution in [0.25, 0.3) is 11.0 Å². The summed E-state index contributed by atoms with van der Waals surface area (Å²) in [6.07, 6.45) is 0.790. The summed E-state index contributed by atoms with van der Waals surface area (Å²) in [5.41, 5.74) is 2.07. The van der Waals surface area contributed by atoms with E-state index in [4.69, 9.17) is 11.6 Å². The number of H-pyrrole nitrogens is 1. The smallest absolute Gasteiger partial charge is 0.261 e. The number of imidazole rings is 1. The average Bonchev–Trinajstić information content (AvgIpc) is 2.89. The molecule has 0 fully saturated rings. The lowest BCUT2D eigenvalue weighted by molar-refractivity contribution is 0.601. The molecule has 3 rings (SSSR count). The third-order valence-corrected chi connectivity index (χ3v) is 4.84. The van der Waals surface area contributed by atoms with E-state index in [1.54, 1.807) is 30.3 Å². The third-order valence-electron chi connectivity index (χ3n) is 3.22. The Balaban J connectivity index is 1.94. The summed E-state index contributed by atoms with van der Waals surface area (Å²) in [4.78, 5) is 7.67. The fourth-order valence-corrected chi connectivity index (χ4v) is 3.49. The van der Waals surface area contributed by atoms with Crippen LogP contribution in [0.5, 0.6) is 0 Å². The molecule has 0 unspecified atom stereocenters. The van der Waals surface area contributed by atoms with Gasteiger partial charge < -0.3 is 4.98 Å². The van der Waals surface area contributed by atoms with Gasteiger partial charge in [-0.3, -0.25) is 4.72 Å². The molecule has 2 N–H and O–H groups in total. The largest absolute Gasteiger partial charge is 0.342 e. The standard InChI is InChI=1S/C15H14ClN3O2S/c1-2-15-17-13-7-6-11(9-14(13)18-15)19-22(20,21)12-5-3-4-10(16)8-12/h3-9,19H,2H2,1H3,(H,17,18). The summed E-state index contributed by atoms with van der Waals surface area (Å²) in [5.74, 6) is 0.866. The van der Waals surface area contributed by atoms with Gasteiger partial charge in [-0.2, -0.15) is 0 Å². The van der Waals surface area contributed by atoms with E-state index >= 15 is 0 Å². The monoisotopic (exact) mass is 335 g/mol. The first-order chi connectivity index (χ1) is 10.5. The van der Waals surface area contributed by atoms with Crippen molar-refractivity contribution in [2.45, 2.75) is 18.2 Å². The SMILES string of the molecule is CCc1nc2ccc(NS(=O)(=O)c3cccc(Cl)c3)cc2[nH]1. The lowest BCUT2D eigenvalue weighted by atomic mass is 10.3. The van der Waals surface area contributed by atoms with Crippen LogP contribution in [0, 0.1) is 0 Å². The number of fused-ring (bicyclic) bond motifs is 1. The van der Waals surface area contributed by atoms with Crippen LogP contribution in [0.15, 0.2) is 47.4 Å². The number of anilines is 1. The van der Waals surface area contributed by atoms with Crippen LogP contribution in [0.4, 0.5) is 5.69 Å². The van der Waals surface area contributed by atoms with Crippen LogP contribution in [0.1, 0.15) is 12.7 Å². The van der Waals surface area contributed by atoms with Gasteiger partial charge in [-0.05, 0) is 36.4 Å². The normalized spacial score (nSPS) is 11.7. The van der Waals surface area contributed by atoms with Crippen LogP contribution in [-0.2, 0) is 16.4 Å². The number of aryl methyl sites for hydroxylation is 1. The number of aromatic nitrogens is 2. The number of nitrogens with one attached hydrogen (secondary N) is 2. The van der Waals surface area contributed by atoms with Crippen molar-refractivity contribution in [2.24, 2.45) is 0 Å². The average molecular weight is 336 g/mol. The second-order valence-electron chi connectivity index (χ2n) is 4.83. The highest BCUT2D eigenvalue weighted by molar-refractivity contribution is 7.92. The number of halogens is 1. The van der Waals surface area contributed by atoms with Gasteiger partial charge in [-0.25, -0.2) is 13.4 Å². The Kier molecular flexibility index (Phi) is 3.80. The molecule has 0 aliphatic rings. The summed E-state index contributed by atoms with van der Waals surface area (Å²) >= 11 is 5.85. The fourth-order valence-electron chi connectivity index (χ4n) is 2.14. The third kappa shape index (κ3) is 2.93. The van der Waals surface area contributed by atoms with E-state index in [1.807, 2.05) is 6.92 Å². The lowest BCUT2D eigenvalue weighted by Crippen LogP contribution is -2.12. The van der Waals surface area contributed by atoms with Crippen molar-refractivity contribution >= 4 is 38.3 Å². The zero-order valence-corrected chi connectivity index (χ0v) is 13.4. The van der Waals surface area contributed by atoms with Crippen molar-refractivity contribution in [2.75, 3.05) is 4.72 Å². The van der Waals surface area contributed by atoms with E-state index in [2.05, 4.69) is 14.7 Å². The molecule has 1 aromatic heterocycles. The molecule has 0 saturated carbocycles. The molecule has 0 radical (unpaired) electrons. The second kappa shape index (κ2) is 5.62. The number of benzene rings is 2. The molecule has 0 bridgehead atoms. The van der Waals surface area contributed by atoms with Gasteiger partial charge in [0.2, 0.25) is 0 Å². The Morgan fingerprint density at radius 3 is 2.77 bits per heavy atom. The van der Waals surface area contributed by atoms with Gasteiger partial charge in [0.05, 0.1) is 21.6 Å². The number of hydrogen-bond acceptors (Lipinski definition) is 3. The summed E-state index contributed by atoms with van der Waals surface area (Å²) in [6, 6.07) is 11.3. The molecular formula is C15H14ClN3O2S. The minimum absolute atomic E-state index is 0.124. The molecule has 0 atom stereocenters. The highest BCUT2D eigenvalue weighted by Crippen LogP contribution is 2.22. The van der Waals surface area contributed by atoms with Crippen LogP contribution >= 0.6 is 11.6 Å². The molecule has 0 saturated heterocycles. The van der Waals surface area contributed by atoms with E-state index in [-0.39, 0.29) is 4.90 Å². The molecule has 1 heterocycles. The first kappa shape index (κ1) is 14.9. The summed E-state index contributed by atoms with van der Waals surface area (Å²) in [6.45, 7) is 2.00. The zero-order valence-electron chi connectivity index (χ0n) is 11.8. The van der Waals surface area contributed by atoms with Crippen molar-refractivity contribution in [1.29, 1.82) is 0 Å². The second-order valence-corrected chi connectivity index (χ2v) is 6.95. The number of sulfonamides is 1. The van der Waals surface area contributed by atoms with Gasteiger partial charge >= 0.3 is 0 Å². The van der Waals surface area contributed by atoms with E-state index in [0.29, 0.717) is 10.7 Å². The van der Waals surface area contributed by atoms with Gasteiger partial charge in [0, 0.05) is 11.4 Å². The van der Waals surface area contributed by atoms with Gasteiger partial charge in [0.15, 0.2) is 0 Å². The maximum Gasteiger partial charge on any atom is 0.261 e. The summed E-state index contributed by atoms with van der Waals surface area (Å²) < 4.78 is 27.3. The molecule has 0 aliphatic carbocycles. The van der Waals surface area contributed by atoms with Crippen molar-refractivity contribution < 1.29 is 8.42 Å². The first-order valence-electron chi connectivity index (χ1n) is 6.75. The summed E-state index contributed by atoms with van der Waals surface area (Å²) in [7, 11) is -3.67. The van der Waals surface area contributed by atoms with Crippen LogP contribution in [-0.4, -0.2) is 18.4 Å². The maximum absolute atomic E-state index is 12.4. The van der Waals surface area contributed by atoms with E-state index in [1.165, 1.54) is 12.1 Å². The number of hydrogen-bond donors (Lipinski definition) is 2. The van der Waals surface area contributed by atoms with Crippen molar-refractivity contribution in [3.63, 3.8) is 0 Å². The van der Waals surface area contributed by atoms with Gasteiger partial charge in [-0.1, -0.05) is 24.6 Å². The highest BCUT2D eigenvalue weighted by Gasteiger charge is 2.15. The summed E-state index contributed by atoms with van der Waals surface area (Å²) in [5, 5.41) is 0.375. The lowest BCUT2D eigenvalue weighted by Gasteiger charge is -2.08. The van der Waals surface area contributed by atoms with Gasteiger partial charge in [0.1, 0.15) is 5.82 Å². The Morgan fingerprint density at radius 1 is 1.23 bits per heavy atom. The minimum atomic E-state index is -3.67. The molecule has 0 amide bonds. The predicted octanol–water partition coefficient (Wildman–Crippen LogP) is 3.58. The molecule has 0 aliphatic heterocycles. The fraction of sp³-hybridized carbons (Fsp3) is 0.133. The topological polar surface area (TPSA) is 74.8 Å². The number of rotatable bonds is 4. The maximum atomic E-state index is 12.4. The highest BCUT2D eigenvalue weighted by atomic mass is 35.5. The van der Waals surface area contributed by atoms with E-state index < -0.39 is 10.0 Å². The molecule has 22 heavy (non-hydrogen) atoms. The van der Waals surface area contributed by atoms with E-state index in [0.717, 1.165) is 23.3 Å². The van der Waals surface area contributed by atoms with E-state index in [9.17, 15) is 8.42 Å². The zero-order chi connectivity index (χ0) is 15.7. The number of aromatic amines is 1. The van der Waals surface area contributed by atoms with Gasteiger partial charge in [-0.15, -0.1) is 0 Å². The Hall–Kier alpha value is -2.05. The number of nitrogens with zero attached hydrogens (tertiary/aromatic N) is 1. The Labute approximate surface area is 133 Å².